The quantitative estimate of drug-likeness (QED) is 0.298. The molecule has 26 heavy (non-hydrogen) atoms. The summed E-state index contributed by atoms with van der Waals surface area (Å²) in [7, 11) is 0. The average Bonchev–Trinajstić information content (AvgIpc) is 3.00. The van der Waals surface area contributed by atoms with Gasteiger partial charge in [-0.25, -0.2) is 5.10 Å². The molecule has 0 spiro atoms. The Morgan fingerprint density at radius 1 is 1.23 bits per heavy atom. The third-order valence-corrected chi connectivity index (χ3v) is 4.04. The first-order valence-electron chi connectivity index (χ1n) is 7.44. The number of para-hydroxylation sites is 1. The molecule has 2 aromatic carbocycles. The summed E-state index contributed by atoms with van der Waals surface area (Å²) in [6.45, 7) is 0. The number of hydrogen-bond donors (Lipinski definition) is 1. The minimum atomic E-state index is -0.432. The van der Waals surface area contributed by atoms with Crippen molar-refractivity contribution < 1.29 is 4.92 Å². The molecule has 130 valence electrons. The summed E-state index contributed by atoms with van der Waals surface area (Å²) in [5, 5.41) is 22.6. The summed E-state index contributed by atoms with van der Waals surface area (Å²) in [5.74, 6) is 0.468. The van der Waals surface area contributed by atoms with Crippen LogP contribution in [-0.4, -0.2) is 26.0 Å². The number of rotatable bonds is 5. The zero-order chi connectivity index (χ0) is 18.5. The van der Waals surface area contributed by atoms with Gasteiger partial charge < -0.3 is 0 Å². The van der Waals surface area contributed by atoms with Crippen LogP contribution < -0.4 is 0 Å². The van der Waals surface area contributed by atoms with Crippen LogP contribution >= 0.6 is 23.8 Å². The molecule has 0 aliphatic heterocycles. The van der Waals surface area contributed by atoms with E-state index in [4.69, 9.17) is 23.8 Å². The van der Waals surface area contributed by atoms with Crippen molar-refractivity contribution in [3.8, 4) is 11.4 Å². The van der Waals surface area contributed by atoms with E-state index in [-0.39, 0.29) is 5.69 Å². The van der Waals surface area contributed by atoms with Gasteiger partial charge in [-0.05, 0) is 42.6 Å². The lowest BCUT2D eigenvalue weighted by Crippen LogP contribution is -1.94. The van der Waals surface area contributed by atoms with Gasteiger partial charge in [0.2, 0.25) is 4.77 Å². The molecule has 1 N–H and O–H groups in total. The van der Waals surface area contributed by atoms with Gasteiger partial charge in [-0.2, -0.15) is 14.9 Å². The minimum absolute atomic E-state index is 0.0221. The fraction of sp³-hybridized carbons (Fsp3) is 0. The molecule has 3 rings (SSSR count). The van der Waals surface area contributed by atoms with Crippen molar-refractivity contribution in [3.63, 3.8) is 0 Å². The lowest BCUT2D eigenvalue weighted by Gasteiger charge is -2.02. The molecule has 0 saturated heterocycles. The Morgan fingerprint density at radius 2 is 1.96 bits per heavy atom. The lowest BCUT2D eigenvalue weighted by molar-refractivity contribution is -0.385. The molecule has 7 nitrogen and oxygen atoms in total. The molecule has 0 fully saturated rings. The first-order valence-corrected chi connectivity index (χ1v) is 8.23. The Hall–Kier alpha value is -3.10. The summed E-state index contributed by atoms with van der Waals surface area (Å²) in [4.78, 5) is 10.6. The number of nitro benzene ring substituents is 1. The van der Waals surface area contributed by atoms with Crippen molar-refractivity contribution in [1.82, 2.24) is 14.9 Å². The smallest absolute Gasteiger partial charge is 0.258 e. The number of halogens is 1. The molecule has 1 aromatic heterocycles. The molecular formula is C17H12ClN5O2S. The summed E-state index contributed by atoms with van der Waals surface area (Å²) >= 11 is 11.4. The van der Waals surface area contributed by atoms with Crippen LogP contribution in [0.25, 0.3) is 17.5 Å². The van der Waals surface area contributed by atoms with Crippen molar-refractivity contribution >= 4 is 41.8 Å². The second kappa shape index (κ2) is 7.85. The molecule has 0 amide bonds. The Morgan fingerprint density at radius 3 is 2.73 bits per heavy atom. The highest BCUT2D eigenvalue weighted by atomic mass is 35.5. The number of nitro groups is 1. The predicted octanol–water partition coefficient (Wildman–Crippen LogP) is 4.72. The summed E-state index contributed by atoms with van der Waals surface area (Å²) in [6.07, 6.45) is 4.66. The number of aromatic amines is 1. The minimum Gasteiger partial charge on any atom is -0.258 e. The monoisotopic (exact) mass is 385 g/mol. The Bertz CT molecular complexity index is 1070. The maximum atomic E-state index is 11.0. The number of allylic oxidation sites excluding steroid dienone is 1. The number of H-pyrrole nitrogens is 1. The van der Waals surface area contributed by atoms with Gasteiger partial charge >= 0.3 is 0 Å². The Balaban J connectivity index is 1.89. The molecule has 0 saturated carbocycles. The summed E-state index contributed by atoms with van der Waals surface area (Å²) in [5.41, 5.74) is 1.18. The van der Waals surface area contributed by atoms with E-state index < -0.39 is 4.92 Å². The average molecular weight is 386 g/mol. The highest BCUT2D eigenvalue weighted by Crippen LogP contribution is 2.25. The first-order chi connectivity index (χ1) is 12.6. The van der Waals surface area contributed by atoms with Gasteiger partial charge in [0.15, 0.2) is 5.82 Å². The van der Waals surface area contributed by atoms with Gasteiger partial charge in [-0.15, -0.1) is 0 Å². The van der Waals surface area contributed by atoms with Gasteiger partial charge in [-0.3, -0.25) is 10.1 Å². The van der Waals surface area contributed by atoms with Crippen molar-refractivity contribution in [3.05, 3.63) is 80.1 Å². The molecule has 3 aromatic rings. The molecule has 0 aliphatic carbocycles. The van der Waals surface area contributed by atoms with E-state index in [9.17, 15) is 10.1 Å². The van der Waals surface area contributed by atoms with E-state index in [1.54, 1.807) is 36.4 Å². The molecule has 9 heteroatoms. The van der Waals surface area contributed by atoms with Crippen LogP contribution in [0.2, 0.25) is 5.02 Å². The highest BCUT2D eigenvalue weighted by Gasteiger charge is 2.11. The van der Waals surface area contributed by atoms with Gasteiger partial charge in [0, 0.05) is 17.8 Å². The zero-order valence-electron chi connectivity index (χ0n) is 13.2. The Kier molecular flexibility index (Phi) is 5.35. The first kappa shape index (κ1) is 17.7. The molecule has 0 radical (unpaired) electrons. The second-order valence-corrected chi connectivity index (χ2v) is 5.88. The molecule has 1 heterocycles. The summed E-state index contributed by atoms with van der Waals surface area (Å²) < 4.78 is 1.73. The molecule has 0 unspecified atom stereocenters. The van der Waals surface area contributed by atoms with Crippen LogP contribution in [0.3, 0.4) is 0 Å². The number of nitrogens with one attached hydrogen (secondary N) is 1. The molecule has 0 aliphatic rings. The Labute approximate surface area is 158 Å². The number of benzene rings is 2. The van der Waals surface area contributed by atoms with Crippen LogP contribution in [0, 0.1) is 14.9 Å². The van der Waals surface area contributed by atoms with Crippen molar-refractivity contribution in [2.75, 3.05) is 0 Å². The van der Waals surface area contributed by atoms with Gasteiger partial charge in [-0.1, -0.05) is 35.9 Å². The number of hydrogen-bond acceptors (Lipinski definition) is 5. The number of aromatic nitrogens is 3. The van der Waals surface area contributed by atoms with E-state index >= 15 is 0 Å². The van der Waals surface area contributed by atoms with Gasteiger partial charge in [0.05, 0.1) is 15.5 Å². The van der Waals surface area contributed by atoms with E-state index in [0.29, 0.717) is 26.7 Å². The molecular weight excluding hydrogens is 374 g/mol. The van der Waals surface area contributed by atoms with Crippen LogP contribution in [0.4, 0.5) is 5.69 Å². The van der Waals surface area contributed by atoms with Crippen LogP contribution in [-0.2, 0) is 0 Å². The van der Waals surface area contributed by atoms with E-state index in [1.165, 1.54) is 17.0 Å². The fourth-order valence-corrected chi connectivity index (χ4v) is 2.66. The topological polar surface area (TPSA) is 89.1 Å². The maximum Gasteiger partial charge on any atom is 0.276 e. The summed E-state index contributed by atoms with van der Waals surface area (Å²) in [6, 6.07) is 13.6. The van der Waals surface area contributed by atoms with Crippen molar-refractivity contribution in [2.24, 2.45) is 5.10 Å². The van der Waals surface area contributed by atoms with Crippen LogP contribution in [0.1, 0.15) is 5.56 Å². The van der Waals surface area contributed by atoms with Crippen molar-refractivity contribution in [1.29, 1.82) is 0 Å². The lowest BCUT2D eigenvalue weighted by atomic mass is 10.2. The largest absolute Gasteiger partial charge is 0.276 e. The highest BCUT2D eigenvalue weighted by molar-refractivity contribution is 7.71. The standard InChI is InChI=1S/C17H12ClN5O2S/c18-14-9-3-2-8-13(14)16-20-21-17(26)22(16)19-11-5-7-12-6-1-4-10-15(12)23(24)25/h1-11H,(H,21,26)/b7-5+,19-11-. The molecule has 0 bridgehead atoms. The van der Waals surface area contributed by atoms with E-state index in [2.05, 4.69) is 15.3 Å². The molecule has 0 atom stereocenters. The van der Waals surface area contributed by atoms with E-state index in [0.717, 1.165) is 0 Å². The zero-order valence-corrected chi connectivity index (χ0v) is 14.8. The van der Waals surface area contributed by atoms with Crippen molar-refractivity contribution in [2.45, 2.75) is 0 Å². The number of nitrogens with zero attached hydrogens (tertiary/aromatic N) is 4. The van der Waals surface area contributed by atoms with Crippen LogP contribution in [0.15, 0.2) is 59.7 Å². The normalized spacial score (nSPS) is 11.4. The van der Waals surface area contributed by atoms with Gasteiger partial charge in [0.1, 0.15) is 0 Å². The predicted molar refractivity (Wildman–Crippen MR) is 104 cm³/mol. The third-order valence-electron chi connectivity index (χ3n) is 3.44. The SMILES string of the molecule is O=[N+]([O-])c1ccccc1/C=C/C=N\n1c(-c2ccccc2Cl)n[nH]c1=S. The maximum absolute atomic E-state index is 11.0. The van der Waals surface area contributed by atoms with Gasteiger partial charge in [0.25, 0.3) is 5.69 Å². The van der Waals surface area contributed by atoms with E-state index in [1.807, 2.05) is 18.2 Å². The van der Waals surface area contributed by atoms with Crippen LogP contribution in [0.5, 0.6) is 0 Å². The second-order valence-electron chi connectivity index (χ2n) is 5.08. The third kappa shape index (κ3) is 3.76. The fourth-order valence-electron chi connectivity index (χ4n) is 2.26.